The second kappa shape index (κ2) is 7.07. The van der Waals surface area contributed by atoms with E-state index >= 15 is 0 Å². The number of ether oxygens (including phenoxy) is 5. The molecule has 1 saturated carbocycles. The van der Waals surface area contributed by atoms with Crippen LogP contribution < -0.4 is 5.32 Å². The number of alkyl carbamates (subject to hydrolysis) is 1. The van der Waals surface area contributed by atoms with Gasteiger partial charge in [0.15, 0.2) is 0 Å². The molecule has 0 spiro atoms. The Morgan fingerprint density at radius 2 is 1.69 bits per heavy atom. The molecule has 3 rings (SSSR count). The van der Waals surface area contributed by atoms with E-state index in [1.807, 2.05) is 20.8 Å². The summed E-state index contributed by atoms with van der Waals surface area (Å²) in [6.07, 6.45) is -1.14. The van der Waals surface area contributed by atoms with E-state index in [1.54, 1.807) is 13.8 Å². The first-order valence-corrected chi connectivity index (χ1v) is 9.35. The lowest BCUT2D eigenvalue weighted by Crippen LogP contribution is -2.69. The maximum absolute atomic E-state index is 12.4. The molecule has 2 saturated heterocycles. The van der Waals surface area contributed by atoms with Gasteiger partial charge in [0.05, 0.1) is 18.2 Å². The van der Waals surface area contributed by atoms with E-state index in [1.165, 1.54) is 0 Å². The monoisotopic (exact) mass is 371 g/mol. The Labute approximate surface area is 153 Å². The largest absolute Gasteiger partial charge is 0.444 e. The van der Waals surface area contributed by atoms with Crippen LogP contribution in [0.4, 0.5) is 4.79 Å². The van der Waals surface area contributed by atoms with Gasteiger partial charge in [-0.2, -0.15) is 0 Å². The molecule has 1 aliphatic carbocycles. The van der Waals surface area contributed by atoms with Crippen LogP contribution in [0.3, 0.4) is 0 Å². The second-order valence-corrected chi connectivity index (χ2v) is 7.39. The summed E-state index contributed by atoms with van der Waals surface area (Å²) in [7, 11) is 0. The molecule has 0 radical (unpaired) electrons. The first-order chi connectivity index (χ1) is 12.2. The zero-order valence-electron chi connectivity index (χ0n) is 16.1. The van der Waals surface area contributed by atoms with Crippen LogP contribution in [0.15, 0.2) is 0 Å². The van der Waals surface area contributed by atoms with Crippen LogP contribution >= 0.6 is 0 Å². The van der Waals surface area contributed by atoms with E-state index in [-0.39, 0.29) is 30.3 Å². The topological polar surface area (TPSA) is 92.3 Å². The lowest BCUT2D eigenvalue weighted by Gasteiger charge is -2.55. The molecule has 0 aromatic carbocycles. The Morgan fingerprint density at radius 3 is 2.23 bits per heavy atom. The molecule has 0 unspecified atom stereocenters. The Bertz CT molecular complexity index is 570. The zero-order valence-corrected chi connectivity index (χ0v) is 16.1. The van der Waals surface area contributed by atoms with E-state index in [0.717, 1.165) is 0 Å². The molecule has 1 N–H and O–H groups in total. The highest BCUT2D eigenvalue weighted by atomic mass is 16.8. The smallest absolute Gasteiger partial charge is 0.407 e. The van der Waals surface area contributed by atoms with Gasteiger partial charge in [-0.25, -0.2) is 4.79 Å². The van der Waals surface area contributed by atoms with Gasteiger partial charge in [-0.3, -0.25) is 4.79 Å². The third-order valence-corrected chi connectivity index (χ3v) is 5.63. The van der Waals surface area contributed by atoms with Crippen molar-refractivity contribution >= 4 is 11.9 Å². The number of amides is 1. The number of cyclic esters (lactones) is 1. The molecule has 1 amide bonds. The summed E-state index contributed by atoms with van der Waals surface area (Å²) < 4.78 is 29.6. The van der Waals surface area contributed by atoms with Gasteiger partial charge in [0, 0.05) is 32.0 Å². The summed E-state index contributed by atoms with van der Waals surface area (Å²) >= 11 is 0. The van der Waals surface area contributed by atoms with E-state index in [2.05, 4.69) is 5.32 Å². The molecule has 0 bridgehead atoms. The van der Waals surface area contributed by atoms with Crippen LogP contribution in [0.2, 0.25) is 0 Å². The standard InChI is InChI=1S/C18H29NO7/c1-6-22-17(4)18(5,23-7-2)26-15-12(8-11(20)9-13(15)25-17)14-10(3)24-16(21)19-14/h10,12-15H,6-9H2,1-5H3,(H,19,21)/t10-,12-,13-,14+,15-,17+,18+/m1/s1. The highest BCUT2D eigenvalue weighted by Gasteiger charge is 2.61. The quantitative estimate of drug-likeness (QED) is 0.787. The minimum absolute atomic E-state index is 0.0760. The first kappa shape index (κ1) is 19.5. The van der Waals surface area contributed by atoms with Gasteiger partial charge in [0.25, 0.3) is 0 Å². The Hall–Kier alpha value is -1.22. The van der Waals surface area contributed by atoms with Gasteiger partial charge in [-0.05, 0) is 34.6 Å². The third-order valence-electron chi connectivity index (χ3n) is 5.63. The molecule has 7 atom stereocenters. The van der Waals surface area contributed by atoms with E-state index in [9.17, 15) is 9.59 Å². The minimum atomic E-state index is -1.14. The summed E-state index contributed by atoms with van der Waals surface area (Å²) in [5.41, 5.74) is 0. The molecule has 148 valence electrons. The van der Waals surface area contributed by atoms with Crippen LogP contribution in [0.5, 0.6) is 0 Å². The summed E-state index contributed by atoms with van der Waals surface area (Å²) in [5.74, 6) is -2.45. The van der Waals surface area contributed by atoms with Gasteiger partial charge in [-0.1, -0.05) is 0 Å². The van der Waals surface area contributed by atoms with Crippen molar-refractivity contribution in [2.24, 2.45) is 5.92 Å². The number of fused-ring (bicyclic) bond motifs is 1. The summed E-state index contributed by atoms with van der Waals surface area (Å²) in [6.45, 7) is 9.97. The van der Waals surface area contributed by atoms with Crippen molar-refractivity contribution in [1.82, 2.24) is 5.32 Å². The van der Waals surface area contributed by atoms with E-state index < -0.39 is 29.9 Å². The van der Waals surface area contributed by atoms with Crippen molar-refractivity contribution in [3.05, 3.63) is 0 Å². The van der Waals surface area contributed by atoms with E-state index in [4.69, 9.17) is 23.7 Å². The maximum Gasteiger partial charge on any atom is 0.407 e. The van der Waals surface area contributed by atoms with Crippen molar-refractivity contribution in [2.45, 2.75) is 83.4 Å². The lowest BCUT2D eigenvalue weighted by atomic mass is 9.76. The number of nitrogens with one attached hydrogen (secondary N) is 1. The van der Waals surface area contributed by atoms with Crippen molar-refractivity contribution in [3.8, 4) is 0 Å². The normalized spacial score (nSPS) is 45.8. The van der Waals surface area contributed by atoms with Crippen LogP contribution in [-0.2, 0) is 28.5 Å². The fraction of sp³-hybridized carbons (Fsp3) is 0.889. The molecule has 2 heterocycles. The number of Topliss-reactive ketones (excluding diaryl/α,β-unsaturated/α-hetero) is 1. The number of hydrogen-bond donors (Lipinski definition) is 1. The second-order valence-electron chi connectivity index (χ2n) is 7.39. The van der Waals surface area contributed by atoms with Crippen LogP contribution in [0, 0.1) is 5.92 Å². The maximum atomic E-state index is 12.4. The summed E-state index contributed by atoms with van der Waals surface area (Å²) in [6, 6.07) is -0.315. The van der Waals surface area contributed by atoms with Gasteiger partial charge >= 0.3 is 6.09 Å². The summed E-state index contributed by atoms with van der Waals surface area (Å²) in [5, 5.41) is 2.81. The molecular formula is C18H29NO7. The average Bonchev–Trinajstić information content (AvgIpc) is 2.87. The zero-order chi connectivity index (χ0) is 19.1. The Morgan fingerprint density at radius 1 is 1.08 bits per heavy atom. The van der Waals surface area contributed by atoms with Crippen LogP contribution in [0.1, 0.15) is 47.5 Å². The molecular weight excluding hydrogens is 342 g/mol. The number of ketones is 1. The number of hydrogen-bond acceptors (Lipinski definition) is 7. The SMILES string of the molecule is CCO[C@@]1(C)O[C@@H]2[C@@H]([C@H]3NC(=O)O[C@@H]3C)CC(=O)C[C@H]2O[C@]1(C)OCC. The van der Waals surface area contributed by atoms with Crippen LogP contribution in [-0.4, -0.2) is 61.0 Å². The van der Waals surface area contributed by atoms with Gasteiger partial charge < -0.3 is 29.0 Å². The minimum Gasteiger partial charge on any atom is -0.444 e. The van der Waals surface area contributed by atoms with Gasteiger partial charge in [0.2, 0.25) is 11.6 Å². The highest BCUT2D eigenvalue weighted by molar-refractivity contribution is 5.81. The molecule has 8 heteroatoms. The fourth-order valence-corrected chi connectivity index (χ4v) is 4.31. The van der Waals surface area contributed by atoms with Crippen LogP contribution in [0.25, 0.3) is 0 Å². The predicted octanol–water partition coefficient (Wildman–Crippen LogP) is 1.75. The lowest BCUT2D eigenvalue weighted by molar-refractivity contribution is -0.461. The molecule has 2 aliphatic heterocycles. The van der Waals surface area contributed by atoms with Crippen molar-refractivity contribution in [2.75, 3.05) is 13.2 Å². The number of carbonyl (C=O) groups is 2. The first-order valence-electron chi connectivity index (χ1n) is 9.35. The van der Waals surface area contributed by atoms with Crippen molar-refractivity contribution in [1.29, 1.82) is 0 Å². The molecule has 3 aliphatic rings. The Balaban J connectivity index is 1.90. The third kappa shape index (κ3) is 3.24. The number of rotatable bonds is 5. The molecule has 0 aromatic rings. The fourth-order valence-electron chi connectivity index (χ4n) is 4.31. The molecule has 8 nitrogen and oxygen atoms in total. The van der Waals surface area contributed by atoms with Crippen molar-refractivity contribution < 1.29 is 33.3 Å². The Kier molecular flexibility index (Phi) is 5.31. The average molecular weight is 371 g/mol. The van der Waals surface area contributed by atoms with Gasteiger partial charge in [-0.15, -0.1) is 0 Å². The molecule has 3 fully saturated rings. The van der Waals surface area contributed by atoms with E-state index in [0.29, 0.717) is 19.6 Å². The number of carbonyl (C=O) groups excluding carboxylic acids is 2. The highest BCUT2D eigenvalue weighted by Crippen LogP contribution is 2.46. The summed E-state index contributed by atoms with van der Waals surface area (Å²) in [4.78, 5) is 24.0. The predicted molar refractivity (Wildman–Crippen MR) is 90.4 cm³/mol. The molecule has 26 heavy (non-hydrogen) atoms. The molecule has 0 aromatic heterocycles. The van der Waals surface area contributed by atoms with Gasteiger partial charge in [0.1, 0.15) is 11.9 Å². The van der Waals surface area contributed by atoms with Crippen molar-refractivity contribution in [3.63, 3.8) is 0 Å².